The molecule has 0 unspecified atom stereocenters. The third-order valence-electron chi connectivity index (χ3n) is 5.18. The van der Waals surface area contributed by atoms with Crippen molar-refractivity contribution in [2.75, 3.05) is 0 Å². The van der Waals surface area contributed by atoms with Gasteiger partial charge in [0.25, 0.3) is 10.1 Å². The lowest BCUT2D eigenvalue weighted by Crippen LogP contribution is -2.17. The number of aromatic hydroxyl groups is 1. The Morgan fingerprint density at radius 3 is 1.97 bits per heavy atom. The first kappa shape index (κ1) is 26.2. The van der Waals surface area contributed by atoms with Gasteiger partial charge in [0.2, 0.25) is 0 Å². The van der Waals surface area contributed by atoms with Gasteiger partial charge in [-0.1, -0.05) is 23.2 Å². The van der Waals surface area contributed by atoms with Crippen LogP contribution in [0.2, 0.25) is 10.0 Å². The van der Waals surface area contributed by atoms with Crippen LogP contribution >= 0.6 is 23.2 Å². The second-order valence-electron chi connectivity index (χ2n) is 7.58. The van der Waals surface area contributed by atoms with Crippen LogP contribution in [0.3, 0.4) is 0 Å². The van der Waals surface area contributed by atoms with E-state index in [0.29, 0.717) is 0 Å². The fourth-order valence-electron chi connectivity index (χ4n) is 3.56. The molecule has 35 heavy (non-hydrogen) atoms. The number of ketones is 1. The van der Waals surface area contributed by atoms with Gasteiger partial charge in [-0.2, -0.15) is 8.42 Å². The standard InChI is InChI=1S/C23H16Cl2O9S/c1-9-3-11(5-14(20(9)26)22(28)29)18(12-4-10(2)21(27)15(6-12)23(30)31)19-16(24)7-13(8-17(19)25)35(32,33)34/h3-8,26H,1-2H3,(H,28,29)(H,30,31)(H,32,33,34)/b18-12-. The van der Waals surface area contributed by atoms with Crippen LogP contribution in [0.15, 0.2) is 58.0 Å². The Morgan fingerprint density at radius 1 is 0.914 bits per heavy atom. The normalized spacial score (nSPS) is 15.4. The summed E-state index contributed by atoms with van der Waals surface area (Å²) in [6.45, 7) is 2.81. The molecule has 0 heterocycles. The first-order valence-electron chi connectivity index (χ1n) is 9.60. The zero-order valence-electron chi connectivity index (χ0n) is 18.0. The van der Waals surface area contributed by atoms with Gasteiger partial charge in [0.1, 0.15) is 16.9 Å². The molecule has 2 aromatic rings. The zero-order chi connectivity index (χ0) is 26.4. The largest absolute Gasteiger partial charge is 0.507 e. The van der Waals surface area contributed by atoms with Crippen molar-refractivity contribution in [1.82, 2.24) is 0 Å². The van der Waals surface area contributed by atoms with E-state index in [-0.39, 0.29) is 43.5 Å². The van der Waals surface area contributed by atoms with Crippen molar-refractivity contribution in [3.8, 4) is 5.75 Å². The SMILES string of the molecule is CC1=C/C(=C(\c2cc(C)c(O)c(C(=O)O)c2)c2c(Cl)cc(S(=O)(=O)O)cc2Cl)C=C(C(=O)O)C1=O. The topological polar surface area (TPSA) is 166 Å². The molecule has 0 atom stereocenters. The Kier molecular flexibility index (Phi) is 6.96. The van der Waals surface area contributed by atoms with Gasteiger partial charge in [-0.3, -0.25) is 9.35 Å². The van der Waals surface area contributed by atoms with Crippen molar-refractivity contribution in [2.24, 2.45) is 0 Å². The van der Waals surface area contributed by atoms with E-state index in [9.17, 15) is 42.7 Å². The third kappa shape index (κ3) is 5.01. The molecule has 1 aliphatic rings. The van der Waals surface area contributed by atoms with Crippen LogP contribution in [0, 0.1) is 6.92 Å². The average Bonchev–Trinajstić information content (AvgIpc) is 2.73. The van der Waals surface area contributed by atoms with E-state index in [1.807, 2.05) is 0 Å². The minimum Gasteiger partial charge on any atom is -0.507 e. The number of rotatable bonds is 5. The van der Waals surface area contributed by atoms with Gasteiger partial charge in [0.15, 0.2) is 5.78 Å². The van der Waals surface area contributed by atoms with Crippen molar-refractivity contribution in [3.05, 3.63) is 85.4 Å². The predicted molar refractivity (Wildman–Crippen MR) is 127 cm³/mol. The molecule has 9 nitrogen and oxygen atoms in total. The van der Waals surface area contributed by atoms with E-state index in [0.717, 1.165) is 24.3 Å². The van der Waals surface area contributed by atoms with Crippen molar-refractivity contribution >= 4 is 56.6 Å². The molecule has 0 saturated carbocycles. The number of halogens is 2. The number of aliphatic carboxylic acids is 1. The summed E-state index contributed by atoms with van der Waals surface area (Å²) in [6, 6.07) is 4.32. The Bertz CT molecular complexity index is 1510. The summed E-state index contributed by atoms with van der Waals surface area (Å²) in [5, 5.41) is 28.7. The number of carboxylic acids is 2. The lowest BCUT2D eigenvalue weighted by Gasteiger charge is -2.20. The number of aromatic carboxylic acids is 1. The van der Waals surface area contributed by atoms with Crippen LogP contribution in [0.1, 0.15) is 34.0 Å². The number of aryl methyl sites for hydroxylation is 1. The van der Waals surface area contributed by atoms with Crippen LogP contribution in [-0.4, -0.2) is 46.0 Å². The summed E-state index contributed by atoms with van der Waals surface area (Å²) in [5.74, 6) is -4.21. The minimum atomic E-state index is -4.69. The highest BCUT2D eigenvalue weighted by Gasteiger charge is 2.28. The van der Waals surface area contributed by atoms with Gasteiger partial charge in [-0.15, -0.1) is 0 Å². The molecule has 0 amide bonds. The molecular weight excluding hydrogens is 523 g/mol. The van der Waals surface area contributed by atoms with E-state index >= 15 is 0 Å². The van der Waals surface area contributed by atoms with Gasteiger partial charge in [0.05, 0.1) is 14.9 Å². The lowest BCUT2D eigenvalue weighted by atomic mass is 9.85. The molecule has 12 heteroatoms. The molecule has 1 aliphatic carbocycles. The first-order chi connectivity index (χ1) is 16.1. The maximum Gasteiger partial charge on any atom is 0.339 e. The highest BCUT2D eigenvalue weighted by Crippen LogP contribution is 2.42. The number of hydrogen-bond acceptors (Lipinski definition) is 6. The van der Waals surface area contributed by atoms with Gasteiger partial charge in [0, 0.05) is 5.56 Å². The number of Topliss-reactive ketones (excluding diaryl/α,β-unsaturated/α-hetero) is 1. The quantitative estimate of drug-likeness (QED) is 0.320. The maximum atomic E-state index is 12.3. The van der Waals surface area contributed by atoms with E-state index in [1.54, 1.807) is 0 Å². The second kappa shape index (κ2) is 9.31. The van der Waals surface area contributed by atoms with Gasteiger partial charge in [-0.05, 0) is 78.1 Å². The molecule has 0 spiro atoms. The molecule has 0 radical (unpaired) electrons. The fraction of sp³-hybridized carbons (Fsp3) is 0.0870. The van der Waals surface area contributed by atoms with E-state index < -0.39 is 49.6 Å². The number of carboxylic acid groups (broad SMARTS) is 2. The van der Waals surface area contributed by atoms with Crippen LogP contribution in [0.5, 0.6) is 5.75 Å². The molecule has 0 aliphatic heterocycles. The highest BCUT2D eigenvalue weighted by molar-refractivity contribution is 7.85. The Morgan fingerprint density at radius 2 is 1.49 bits per heavy atom. The monoisotopic (exact) mass is 538 g/mol. The van der Waals surface area contributed by atoms with Crippen molar-refractivity contribution in [3.63, 3.8) is 0 Å². The van der Waals surface area contributed by atoms with E-state index in [4.69, 9.17) is 23.2 Å². The second-order valence-corrected chi connectivity index (χ2v) is 9.82. The molecule has 2 aromatic carbocycles. The van der Waals surface area contributed by atoms with E-state index in [1.165, 1.54) is 26.0 Å². The minimum absolute atomic E-state index is 0.0310. The van der Waals surface area contributed by atoms with Crippen LogP contribution in [0.4, 0.5) is 0 Å². The molecule has 0 saturated heterocycles. The lowest BCUT2D eigenvalue weighted by molar-refractivity contribution is -0.134. The van der Waals surface area contributed by atoms with Crippen molar-refractivity contribution in [1.29, 1.82) is 0 Å². The molecule has 0 bridgehead atoms. The van der Waals surface area contributed by atoms with Gasteiger partial charge >= 0.3 is 11.9 Å². The summed E-state index contributed by atoms with van der Waals surface area (Å²) in [4.78, 5) is 35.1. The number of carbonyl (C=O) groups is 3. The van der Waals surface area contributed by atoms with Gasteiger partial charge < -0.3 is 15.3 Å². The molecule has 3 rings (SSSR count). The Balaban J connectivity index is 2.54. The summed E-state index contributed by atoms with van der Waals surface area (Å²) in [7, 11) is -4.69. The fourth-order valence-corrected chi connectivity index (χ4v) is 4.90. The first-order valence-corrected chi connectivity index (χ1v) is 11.8. The van der Waals surface area contributed by atoms with E-state index in [2.05, 4.69) is 0 Å². The number of allylic oxidation sites excluding steroid dienone is 4. The van der Waals surface area contributed by atoms with Crippen molar-refractivity contribution in [2.45, 2.75) is 18.7 Å². The molecule has 182 valence electrons. The van der Waals surface area contributed by atoms with Crippen LogP contribution < -0.4 is 0 Å². The molecule has 4 N–H and O–H groups in total. The van der Waals surface area contributed by atoms with Crippen molar-refractivity contribution < 1.29 is 42.7 Å². The van der Waals surface area contributed by atoms with Gasteiger partial charge in [-0.25, -0.2) is 9.59 Å². The smallest absolute Gasteiger partial charge is 0.339 e. The summed E-state index contributed by atoms with van der Waals surface area (Å²) >= 11 is 12.7. The predicted octanol–water partition coefficient (Wildman–Crippen LogP) is 4.29. The number of hydrogen-bond donors (Lipinski definition) is 4. The summed E-state index contributed by atoms with van der Waals surface area (Å²) in [5.41, 5.74) is -0.611. The summed E-state index contributed by atoms with van der Waals surface area (Å²) in [6.07, 6.45) is 2.40. The molecular formula is C23H16Cl2O9S. The number of phenols is 1. The number of benzene rings is 2. The van der Waals surface area contributed by atoms with Crippen LogP contribution in [-0.2, 0) is 19.7 Å². The third-order valence-corrected chi connectivity index (χ3v) is 6.60. The Labute approximate surface area is 209 Å². The average molecular weight is 539 g/mol. The zero-order valence-corrected chi connectivity index (χ0v) is 20.3. The summed E-state index contributed by atoms with van der Waals surface area (Å²) < 4.78 is 32.6. The Hall–Kier alpha value is -3.44. The number of carbonyl (C=O) groups excluding carboxylic acids is 1. The maximum absolute atomic E-state index is 12.3. The molecule has 0 fully saturated rings. The molecule has 0 aromatic heterocycles. The highest BCUT2D eigenvalue weighted by atomic mass is 35.5. The van der Waals surface area contributed by atoms with Crippen LogP contribution in [0.25, 0.3) is 5.57 Å².